The second-order valence-corrected chi connectivity index (χ2v) is 6.52. The average molecular weight is 231 g/mol. The third kappa shape index (κ3) is 2.16. The number of thiophene rings is 1. The van der Waals surface area contributed by atoms with Gasteiger partial charge in [-0.05, 0) is 30.2 Å². The molecule has 1 aliphatic rings. The molecule has 3 nitrogen and oxygen atoms in total. The molecule has 5 heteroatoms. The second-order valence-electron chi connectivity index (χ2n) is 3.58. The Balaban J connectivity index is 1.95. The zero-order chi connectivity index (χ0) is 10.0. The van der Waals surface area contributed by atoms with E-state index in [0.29, 0.717) is 16.7 Å². The summed E-state index contributed by atoms with van der Waals surface area (Å²) in [4.78, 5) is 0. The van der Waals surface area contributed by atoms with Crippen molar-refractivity contribution in [1.29, 1.82) is 0 Å². The average Bonchev–Trinajstić information content (AvgIpc) is 2.52. The Bertz CT molecular complexity index is 379. The molecule has 0 radical (unpaired) electrons. The molecule has 1 heterocycles. The van der Waals surface area contributed by atoms with Crippen LogP contribution in [0.5, 0.6) is 0 Å². The van der Waals surface area contributed by atoms with Crippen LogP contribution in [0.1, 0.15) is 19.3 Å². The van der Waals surface area contributed by atoms with Crippen molar-refractivity contribution in [2.24, 2.45) is 5.92 Å². The maximum absolute atomic E-state index is 11.6. The maximum Gasteiger partial charge on any atom is 0.250 e. The highest BCUT2D eigenvalue weighted by molar-refractivity contribution is 7.91. The molecule has 0 atom stereocenters. The Hall–Kier alpha value is -0.390. The predicted octanol–water partition coefficient (Wildman–Crippen LogP) is 1.83. The first-order valence-corrected chi connectivity index (χ1v) is 7.08. The van der Waals surface area contributed by atoms with Crippen LogP contribution in [0.15, 0.2) is 21.7 Å². The van der Waals surface area contributed by atoms with Crippen LogP contribution in [0, 0.1) is 5.92 Å². The van der Waals surface area contributed by atoms with Crippen LogP contribution in [-0.2, 0) is 10.0 Å². The van der Waals surface area contributed by atoms with E-state index in [2.05, 4.69) is 4.72 Å². The summed E-state index contributed by atoms with van der Waals surface area (Å²) in [6.07, 6.45) is 3.56. The van der Waals surface area contributed by atoms with Crippen LogP contribution in [0.4, 0.5) is 0 Å². The van der Waals surface area contributed by atoms with Crippen molar-refractivity contribution in [2.75, 3.05) is 6.54 Å². The molecule has 14 heavy (non-hydrogen) atoms. The van der Waals surface area contributed by atoms with Crippen molar-refractivity contribution in [1.82, 2.24) is 4.72 Å². The van der Waals surface area contributed by atoms with E-state index in [1.54, 1.807) is 17.5 Å². The van der Waals surface area contributed by atoms with Crippen molar-refractivity contribution in [3.63, 3.8) is 0 Å². The summed E-state index contributed by atoms with van der Waals surface area (Å²) in [5, 5.41) is 1.78. The molecule has 0 bridgehead atoms. The van der Waals surface area contributed by atoms with Crippen LogP contribution in [-0.4, -0.2) is 15.0 Å². The quantitative estimate of drug-likeness (QED) is 0.859. The molecule has 0 spiro atoms. The second kappa shape index (κ2) is 4.00. The van der Waals surface area contributed by atoms with Gasteiger partial charge in [-0.25, -0.2) is 13.1 Å². The van der Waals surface area contributed by atoms with E-state index in [9.17, 15) is 8.42 Å². The molecule has 0 saturated heterocycles. The van der Waals surface area contributed by atoms with Gasteiger partial charge >= 0.3 is 0 Å². The summed E-state index contributed by atoms with van der Waals surface area (Å²) < 4.78 is 26.3. The van der Waals surface area contributed by atoms with E-state index in [1.165, 1.54) is 17.8 Å². The van der Waals surface area contributed by atoms with Crippen LogP contribution in [0.3, 0.4) is 0 Å². The predicted molar refractivity (Wildman–Crippen MR) is 56.8 cm³/mol. The molecule has 2 rings (SSSR count). The maximum atomic E-state index is 11.6. The summed E-state index contributed by atoms with van der Waals surface area (Å²) in [5.41, 5.74) is 0. The number of rotatable bonds is 4. The molecule has 0 aromatic carbocycles. The molecule has 0 aliphatic heterocycles. The van der Waals surface area contributed by atoms with E-state index in [1.807, 2.05) is 0 Å². The van der Waals surface area contributed by atoms with Crippen molar-refractivity contribution in [3.05, 3.63) is 17.5 Å². The van der Waals surface area contributed by atoms with Crippen molar-refractivity contribution < 1.29 is 8.42 Å². The molecule has 1 aliphatic carbocycles. The zero-order valence-electron chi connectivity index (χ0n) is 7.77. The van der Waals surface area contributed by atoms with Crippen molar-refractivity contribution >= 4 is 21.4 Å². The van der Waals surface area contributed by atoms with Gasteiger partial charge in [-0.2, -0.15) is 0 Å². The van der Waals surface area contributed by atoms with Crippen LogP contribution >= 0.6 is 11.3 Å². The summed E-state index contributed by atoms with van der Waals surface area (Å²) in [6, 6.07) is 3.39. The molecular weight excluding hydrogens is 218 g/mol. The van der Waals surface area contributed by atoms with Gasteiger partial charge in [0.05, 0.1) is 0 Å². The summed E-state index contributed by atoms with van der Waals surface area (Å²) in [6.45, 7) is 0.597. The Labute approximate surface area is 88.2 Å². The van der Waals surface area contributed by atoms with Gasteiger partial charge in [0, 0.05) is 6.54 Å². The highest BCUT2D eigenvalue weighted by Gasteiger charge is 2.21. The number of hydrogen-bond donors (Lipinski definition) is 1. The van der Waals surface area contributed by atoms with Crippen LogP contribution < -0.4 is 4.72 Å². The molecule has 1 aromatic heterocycles. The highest BCUT2D eigenvalue weighted by atomic mass is 32.2. The monoisotopic (exact) mass is 231 g/mol. The van der Waals surface area contributed by atoms with Gasteiger partial charge in [0.2, 0.25) is 10.0 Å². The lowest BCUT2D eigenvalue weighted by Gasteiger charge is -2.25. The number of nitrogens with one attached hydrogen (secondary N) is 1. The van der Waals surface area contributed by atoms with Crippen molar-refractivity contribution in [2.45, 2.75) is 23.5 Å². The van der Waals surface area contributed by atoms with Gasteiger partial charge in [-0.15, -0.1) is 11.3 Å². The van der Waals surface area contributed by atoms with Gasteiger partial charge in [0.15, 0.2) is 0 Å². The number of hydrogen-bond acceptors (Lipinski definition) is 3. The molecule has 78 valence electrons. The molecule has 1 aromatic rings. The minimum atomic E-state index is -3.22. The lowest BCUT2D eigenvalue weighted by Crippen LogP contribution is -2.31. The highest BCUT2D eigenvalue weighted by Crippen LogP contribution is 2.26. The van der Waals surface area contributed by atoms with Gasteiger partial charge in [-0.1, -0.05) is 12.5 Å². The van der Waals surface area contributed by atoms with E-state index in [-0.39, 0.29) is 0 Å². The van der Waals surface area contributed by atoms with Gasteiger partial charge in [0.25, 0.3) is 0 Å². The minimum absolute atomic E-state index is 0.414. The Morgan fingerprint density at radius 1 is 1.50 bits per heavy atom. The van der Waals surface area contributed by atoms with E-state index < -0.39 is 10.0 Å². The zero-order valence-corrected chi connectivity index (χ0v) is 9.40. The number of sulfonamides is 1. The standard InChI is InChI=1S/C9H13NO2S2/c11-14(12,9-5-2-6-13-9)10-7-8-3-1-4-8/h2,5-6,8,10H,1,3-4,7H2. The third-order valence-electron chi connectivity index (χ3n) is 2.55. The largest absolute Gasteiger partial charge is 0.250 e. The SMILES string of the molecule is O=S(=O)(NCC1CCC1)c1cccs1. The van der Waals surface area contributed by atoms with Crippen LogP contribution in [0.2, 0.25) is 0 Å². The molecule has 1 N–H and O–H groups in total. The Morgan fingerprint density at radius 3 is 2.79 bits per heavy atom. The first kappa shape index (κ1) is 10.1. The van der Waals surface area contributed by atoms with Gasteiger partial charge in [-0.3, -0.25) is 0 Å². The first-order chi connectivity index (χ1) is 6.68. The normalized spacial score (nSPS) is 18.0. The fourth-order valence-corrected chi connectivity index (χ4v) is 3.57. The van der Waals surface area contributed by atoms with Crippen LogP contribution in [0.25, 0.3) is 0 Å². The summed E-state index contributed by atoms with van der Waals surface area (Å²) in [7, 11) is -3.22. The Kier molecular flexibility index (Phi) is 2.90. The topological polar surface area (TPSA) is 46.2 Å². The van der Waals surface area contributed by atoms with Crippen molar-refractivity contribution in [3.8, 4) is 0 Å². The van der Waals surface area contributed by atoms with E-state index in [4.69, 9.17) is 0 Å². The fourth-order valence-electron chi connectivity index (χ4n) is 1.41. The van der Waals surface area contributed by atoms with Gasteiger partial charge in [0.1, 0.15) is 4.21 Å². The summed E-state index contributed by atoms with van der Waals surface area (Å²) >= 11 is 1.26. The first-order valence-electron chi connectivity index (χ1n) is 4.72. The fraction of sp³-hybridized carbons (Fsp3) is 0.556. The third-order valence-corrected chi connectivity index (χ3v) is 5.37. The minimum Gasteiger partial charge on any atom is -0.210 e. The lowest BCUT2D eigenvalue weighted by atomic mass is 9.86. The van der Waals surface area contributed by atoms with E-state index in [0.717, 1.165) is 12.8 Å². The van der Waals surface area contributed by atoms with E-state index >= 15 is 0 Å². The Morgan fingerprint density at radius 2 is 2.29 bits per heavy atom. The molecule has 0 unspecified atom stereocenters. The molecular formula is C9H13NO2S2. The lowest BCUT2D eigenvalue weighted by molar-refractivity contribution is 0.316. The molecule has 1 fully saturated rings. The summed E-state index contributed by atoms with van der Waals surface area (Å²) in [5.74, 6) is 0.560. The van der Waals surface area contributed by atoms with Gasteiger partial charge < -0.3 is 0 Å². The smallest absolute Gasteiger partial charge is 0.210 e. The molecule has 1 saturated carbocycles. The molecule has 0 amide bonds.